The van der Waals surface area contributed by atoms with Gasteiger partial charge >= 0.3 is 5.82 Å². The van der Waals surface area contributed by atoms with Crippen molar-refractivity contribution < 1.29 is 4.92 Å². The molecule has 3 aromatic rings. The molecule has 0 aliphatic rings. The largest absolute Gasteiger partial charge is 0.358 e. The molecule has 0 fully saturated rings. The average Bonchev–Trinajstić information content (AvgIpc) is 2.66. The van der Waals surface area contributed by atoms with Crippen LogP contribution in [-0.4, -0.2) is 14.3 Å². The summed E-state index contributed by atoms with van der Waals surface area (Å²) >= 11 is 0. The van der Waals surface area contributed by atoms with Gasteiger partial charge in [0.1, 0.15) is 5.52 Å². The number of hydrogen-bond donors (Lipinski definition) is 0. The van der Waals surface area contributed by atoms with Gasteiger partial charge in [-0.05, 0) is 23.1 Å². The van der Waals surface area contributed by atoms with Crippen LogP contribution >= 0.6 is 0 Å². The van der Waals surface area contributed by atoms with Gasteiger partial charge < -0.3 is 10.1 Å². The van der Waals surface area contributed by atoms with Crippen molar-refractivity contribution >= 4 is 22.5 Å². The quantitative estimate of drug-likeness (QED) is 0.460. The summed E-state index contributed by atoms with van der Waals surface area (Å²) in [6, 6.07) is 12.2. The number of imidazole rings is 1. The standard InChI is InChI=1S/C11H7N3O2/c15-14(16)11-7-3-6-10-12-8-4-1-2-5-9(8)13(10)11/h1-7H. The second-order valence-electron chi connectivity index (χ2n) is 3.44. The van der Waals surface area contributed by atoms with Gasteiger partial charge in [0.05, 0.1) is 0 Å². The van der Waals surface area contributed by atoms with Crippen LogP contribution in [0.4, 0.5) is 5.82 Å². The van der Waals surface area contributed by atoms with E-state index in [0.29, 0.717) is 5.65 Å². The summed E-state index contributed by atoms with van der Waals surface area (Å²) < 4.78 is 1.55. The van der Waals surface area contributed by atoms with Crippen LogP contribution in [0.15, 0.2) is 42.5 Å². The number of benzene rings is 1. The van der Waals surface area contributed by atoms with Crippen molar-refractivity contribution in [1.82, 2.24) is 9.38 Å². The van der Waals surface area contributed by atoms with E-state index >= 15 is 0 Å². The Labute approximate surface area is 90.1 Å². The van der Waals surface area contributed by atoms with E-state index in [1.165, 1.54) is 6.07 Å². The van der Waals surface area contributed by atoms with Gasteiger partial charge in [0.25, 0.3) is 0 Å². The molecule has 2 heterocycles. The lowest BCUT2D eigenvalue weighted by Crippen LogP contribution is -1.96. The Hall–Kier alpha value is -2.43. The van der Waals surface area contributed by atoms with Crippen molar-refractivity contribution in [2.75, 3.05) is 0 Å². The van der Waals surface area contributed by atoms with E-state index in [9.17, 15) is 10.1 Å². The molecule has 0 unspecified atom stereocenters. The highest BCUT2D eigenvalue weighted by molar-refractivity contribution is 5.81. The van der Waals surface area contributed by atoms with E-state index in [1.54, 1.807) is 16.5 Å². The molecule has 0 aliphatic heterocycles. The number of rotatable bonds is 1. The van der Waals surface area contributed by atoms with Crippen molar-refractivity contribution in [2.45, 2.75) is 0 Å². The Morgan fingerprint density at radius 3 is 2.75 bits per heavy atom. The lowest BCUT2D eigenvalue weighted by Gasteiger charge is -1.96. The van der Waals surface area contributed by atoms with E-state index < -0.39 is 4.92 Å². The molecular weight excluding hydrogens is 206 g/mol. The smallest absolute Gasteiger partial charge is 0.329 e. The highest BCUT2D eigenvalue weighted by Crippen LogP contribution is 2.22. The highest BCUT2D eigenvalue weighted by atomic mass is 16.6. The molecule has 0 spiro atoms. The van der Waals surface area contributed by atoms with E-state index in [1.807, 2.05) is 24.3 Å². The molecule has 0 aliphatic carbocycles. The third-order valence-corrected chi connectivity index (χ3v) is 2.49. The summed E-state index contributed by atoms with van der Waals surface area (Å²) in [5.41, 5.74) is 2.11. The Morgan fingerprint density at radius 2 is 1.94 bits per heavy atom. The minimum absolute atomic E-state index is 0.0335. The Bertz CT molecular complexity index is 703. The molecule has 3 rings (SSSR count). The number of nitro groups is 1. The molecule has 0 atom stereocenters. The summed E-state index contributed by atoms with van der Waals surface area (Å²) in [5, 5.41) is 10.9. The molecule has 0 radical (unpaired) electrons. The molecule has 16 heavy (non-hydrogen) atoms. The van der Waals surface area contributed by atoms with Crippen molar-refractivity contribution in [3.8, 4) is 0 Å². The topological polar surface area (TPSA) is 60.4 Å². The van der Waals surface area contributed by atoms with Crippen molar-refractivity contribution in [2.24, 2.45) is 0 Å². The molecule has 1 aromatic carbocycles. The average molecular weight is 213 g/mol. The summed E-state index contributed by atoms with van der Waals surface area (Å²) in [6.45, 7) is 0. The summed E-state index contributed by atoms with van der Waals surface area (Å²) in [4.78, 5) is 14.8. The van der Waals surface area contributed by atoms with Gasteiger partial charge in [0.15, 0.2) is 5.52 Å². The molecule has 5 nitrogen and oxygen atoms in total. The van der Waals surface area contributed by atoms with Crippen LogP contribution in [0, 0.1) is 10.1 Å². The van der Waals surface area contributed by atoms with Crippen LogP contribution in [-0.2, 0) is 0 Å². The fourth-order valence-electron chi connectivity index (χ4n) is 1.83. The zero-order valence-corrected chi connectivity index (χ0v) is 8.20. The minimum Gasteiger partial charge on any atom is -0.358 e. The maximum absolute atomic E-state index is 10.9. The van der Waals surface area contributed by atoms with Crippen molar-refractivity contribution in [3.05, 3.63) is 52.6 Å². The first kappa shape index (κ1) is 8.84. The van der Waals surface area contributed by atoms with Crippen LogP contribution in [0.1, 0.15) is 0 Å². The predicted octanol–water partition coefficient (Wildman–Crippen LogP) is 2.40. The van der Waals surface area contributed by atoms with Gasteiger partial charge in [-0.15, -0.1) is 0 Å². The van der Waals surface area contributed by atoms with Crippen LogP contribution < -0.4 is 0 Å². The normalized spacial score (nSPS) is 11.0. The minimum atomic E-state index is -0.402. The number of nitrogens with zero attached hydrogens (tertiary/aromatic N) is 3. The number of hydrogen-bond acceptors (Lipinski definition) is 3. The molecule has 78 valence electrons. The maximum Gasteiger partial charge on any atom is 0.329 e. The first-order valence-corrected chi connectivity index (χ1v) is 4.78. The molecule has 0 saturated heterocycles. The first-order valence-electron chi connectivity index (χ1n) is 4.78. The fourth-order valence-corrected chi connectivity index (χ4v) is 1.83. The first-order chi connectivity index (χ1) is 7.77. The van der Waals surface area contributed by atoms with Crippen LogP contribution in [0.5, 0.6) is 0 Å². The van der Waals surface area contributed by atoms with E-state index in [4.69, 9.17) is 0 Å². The van der Waals surface area contributed by atoms with Gasteiger partial charge in [-0.25, -0.2) is 4.98 Å². The zero-order chi connectivity index (χ0) is 11.1. The maximum atomic E-state index is 10.9. The number of pyridine rings is 1. The Morgan fingerprint density at radius 1 is 1.12 bits per heavy atom. The predicted molar refractivity (Wildman–Crippen MR) is 59.4 cm³/mol. The van der Waals surface area contributed by atoms with Crippen LogP contribution in [0.2, 0.25) is 0 Å². The van der Waals surface area contributed by atoms with Gasteiger partial charge in [-0.2, -0.15) is 4.40 Å². The fraction of sp³-hybridized carbons (Fsp3) is 0. The summed E-state index contributed by atoms with van der Waals surface area (Å²) in [6.07, 6.45) is 0. The third kappa shape index (κ3) is 1.08. The second-order valence-corrected chi connectivity index (χ2v) is 3.44. The monoisotopic (exact) mass is 213 g/mol. The zero-order valence-electron chi connectivity index (χ0n) is 8.20. The van der Waals surface area contributed by atoms with Crippen molar-refractivity contribution in [1.29, 1.82) is 0 Å². The Kier molecular flexibility index (Phi) is 1.67. The third-order valence-electron chi connectivity index (χ3n) is 2.49. The van der Waals surface area contributed by atoms with Gasteiger partial charge in [0, 0.05) is 12.1 Å². The van der Waals surface area contributed by atoms with E-state index in [0.717, 1.165) is 11.0 Å². The highest BCUT2D eigenvalue weighted by Gasteiger charge is 2.15. The number of aromatic nitrogens is 2. The molecule has 0 saturated carbocycles. The van der Waals surface area contributed by atoms with Gasteiger partial charge in [0.2, 0.25) is 5.65 Å². The summed E-state index contributed by atoms with van der Waals surface area (Å²) in [7, 11) is 0. The molecule has 0 N–H and O–H groups in total. The van der Waals surface area contributed by atoms with E-state index in [-0.39, 0.29) is 5.82 Å². The van der Waals surface area contributed by atoms with Crippen molar-refractivity contribution in [3.63, 3.8) is 0 Å². The van der Waals surface area contributed by atoms with Gasteiger partial charge in [-0.3, -0.25) is 0 Å². The van der Waals surface area contributed by atoms with Crippen LogP contribution in [0.25, 0.3) is 16.7 Å². The SMILES string of the molecule is O=[N+]([O-])c1cccc2nc3ccccc3n12. The second kappa shape index (κ2) is 3.03. The molecule has 0 amide bonds. The number of fused-ring (bicyclic) bond motifs is 3. The van der Waals surface area contributed by atoms with Crippen LogP contribution in [0.3, 0.4) is 0 Å². The molecule has 0 bridgehead atoms. The lowest BCUT2D eigenvalue weighted by molar-refractivity contribution is -0.390. The lowest BCUT2D eigenvalue weighted by atomic mass is 10.3. The van der Waals surface area contributed by atoms with Gasteiger partial charge in [-0.1, -0.05) is 12.1 Å². The van der Waals surface area contributed by atoms with E-state index in [2.05, 4.69) is 4.98 Å². The molecule has 5 heteroatoms. The summed E-state index contributed by atoms with van der Waals surface area (Å²) in [5.74, 6) is 0.0335. The molecular formula is C11H7N3O2. The number of para-hydroxylation sites is 2. The Balaban J connectivity index is 2.57. The molecule has 2 aromatic heterocycles.